The van der Waals surface area contributed by atoms with E-state index in [1.165, 1.54) is 26.0 Å². The van der Waals surface area contributed by atoms with Gasteiger partial charge in [-0.25, -0.2) is 0 Å². The molecular weight excluding hydrogens is 199 g/mol. The van der Waals surface area contributed by atoms with Crippen molar-refractivity contribution in [1.82, 2.24) is 0 Å². The fourth-order valence-corrected chi connectivity index (χ4v) is 2.88. The molecule has 0 amide bonds. The standard InChI is InChI=1S/C13H13BS/c1-4-10-11-7-6-9(14-3)8-13(11)15-12(10)5-2/h4-8,14H,1-2H2,3H3. The van der Waals surface area contributed by atoms with Gasteiger partial charge in [0.15, 0.2) is 7.28 Å². The fourth-order valence-electron chi connectivity index (χ4n) is 1.76. The second kappa shape index (κ2) is 4.07. The van der Waals surface area contributed by atoms with Crippen molar-refractivity contribution < 1.29 is 0 Å². The van der Waals surface area contributed by atoms with Gasteiger partial charge in [-0.05, 0) is 5.56 Å². The van der Waals surface area contributed by atoms with Gasteiger partial charge in [0.25, 0.3) is 0 Å². The molecule has 2 rings (SSSR count). The summed E-state index contributed by atoms with van der Waals surface area (Å²) in [6.45, 7) is 9.88. The molecule has 0 saturated carbocycles. The van der Waals surface area contributed by atoms with E-state index in [-0.39, 0.29) is 0 Å². The molecule has 0 N–H and O–H groups in total. The van der Waals surface area contributed by atoms with Crippen LogP contribution in [0.15, 0.2) is 31.4 Å². The summed E-state index contributed by atoms with van der Waals surface area (Å²) >= 11 is 1.79. The normalized spacial score (nSPS) is 10.2. The van der Waals surface area contributed by atoms with Gasteiger partial charge in [0, 0.05) is 15.0 Å². The molecule has 0 atom stereocenters. The molecule has 0 saturated heterocycles. The van der Waals surface area contributed by atoms with E-state index in [1.54, 1.807) is 11.3 Å². The number of rotatable bonds is 3. The first-order valence-corrected chi connectivity index (χ1v) is 5.92. The third kappa shape index (κ3) is 1.66. The van der Waals surface area contributed by atoms with Crippen LogP contribution >= 0.6 is 11.3 Å². The van der Waals surface area contributed by atoms with Crippen LogP contribution < -0.4 is 5.46 Å². The van der Waals surface area contributed by atoms with Crippen LogP contribution in [0.5, 0.6) is 0 Å². The van der Waals surface area contributed by atoms with Crippen LogP contribution in [0, 0.1) is 0 Å². The van der Waals surface area contributed by atoms with Crippen LogP contribution in [0.3, 0.4) is 0 Å². The Morgan fingerprint density at radius 3 is 2.67 bits per heavy atom. The van der Waals surface area contributed by atoms with Gasteiger partial charge in [-0.3, -0.25) is 0 Å². The molecule has 0 aliphatic heterocycles. The molecule has 15 heavy (non-hydrogen) atoms. The summed E-state index contributed by atoms with van der Waals surface area (Å²) in [7, 11) is 1.08. The average molecular weight is 212 g/mol. The maximum Gasteiger partial charge on any atom is 0.154 e. The van der Waals surface area contributed by atoms with Gasteiger partial charge in [0.2, 0.25) is 0 Å². The molecule has 2 heteroatoms. The van der Waals surface area contributed by atoms with E-state index in [4.69, 9.17) is 0 Å². The number of thiophene rings is 1. The van der Waals surface area contributed by atoms with Crippen LogP contribution in [0.25, 0.3) is 22.2 Å². The van der Waals surface area contributed by atoms with E-state index in [9.17, 15) is 0 Å². The second-order valence-electron chi connectivity index (χ2n) is 3.47. The zero-order valence-electron chi connectivity index (χ0n) is 8.92. The molecule has 0 nitrogen and oxygen atoms in total. The summed E-state index contributed by atoms with van der Waals surface area (Å²) in [4.78, 5) is 1.22. The Hall–Kier alpha value is -1.28. The zero-order chi connectivity index (χ0) is 10.8. The van der Waals surface area contributed by atoms with Crippen molar-refractivity contribution in [1.29, 1.82) is 0 Å². The van der Waals surface area contributed by atoms with Crippen LogP contribution in [0.4, 0.5) is 0 Å². The van der Waals surface area contributed by atoms with E-state index < -0.39 is 0 Å². The minimum absolute atomic E-state index is 1.08. The third-order valence-corrected chi connectivity index (χ3v) is 3.78. The van der Waals surface area contributed by atoms with Crippen molar-refractivity contribution in [2.45, 2.75) is 6.82 Å². The summed E-state index contributed by atoms with van der Waals surface area (Å²) in [6, 6.07) is 6.64. The van der Waals surface area contributed by atoms with Crippen molar-refractivity contribution in [2.75, 3.05) is 0 Å². The van der Waals surface area contributed by atoms with Crippen LogP contribution in [0.1, 0.15) is 10.4 Å². The Balaban J connectivity index is 2.76. The SMILES string of the molecule is C=Cc1sc2cc(BC)ccc2c1C=C. The lowest BCUT2D eigenvalue weighted by atomic mass is 9.73. The van der Waals surface area contributed by atoms with Gasteiger partial charge in [-0.2, -0.15) is 0 Å². The summed E-state index contributed by atoms with van der Waals surface area (Å²) in [5, 5.41) is 1.29. The van der Waals surface area contributed by atoms with Gasteiger partial charge in [-0.15, -0.1) is 11.3 Å². The lowest BCUT2D eigenvalue weighted by Crippen LogP contribution is -2.08. The number of hydrogen-bond donors (Lipinski definition) is 0. The quantitative estimate of drug-likeness (QED) is 0.685. The molecule has 2 aromatic rings. The number of fused-ring (bicyclic) bond motifs is 1. The zero-order valence-corrected chi connectivity index (χ0v) is 9.73. The number of hydrogen-bond acceptors (Lipinski definition) is 1. The highest BCUT2D eigenvalue weighted by atomic mass is 32.1. The molecule has 0 aliphatic carbocycles. The van der Waals surface area contributed by atoms with Crippen LogP contribution in [0.2, 0.25) is 6.82 Å². The third-order valence-electron chi connectivity index (χ3n) is 2.62. The number of benzene rings is 1. The Kier molecular flexibility index (Phi) is 2.78. The highest BCUT2D eigenvalue weighted by Crippen LogP contribution is 2.32. The van der Waals surface area contributed by atoms with Crippen molar-refractivity contribution in [3.05, 3.63) is 41.8 Å². The second-order valence-corrected chi connectivity index (χ2v) is 4.56. The Morgan fingerprint density at radius 1 is 1.27 bits per heavy atom. The first-order chi connectivity index (χ1) is 7.30. The maximum atomic E-state index is 3.86. The minimum atomic E-state index is 1.08. The predicted octanol–water partition coefficient (Wildman–Crippen LogP) is 3.30. The van der Waals surface area contributed by atoms with Crippen LogP contribution in [-0.4, -0.2) is 7.28 Å². The highest BCUT2D eigenvalue weighted by molar-refractivity contribution is 7.20. The molecule has 1 aromatic carbocycles. The maximum absolute atomic E-state index is 3.86. The Bertz CT molecular complexity index is 523. The predicted molar refractivity (Wildman–Crippen MR) is 74.7 cm³/mol. The van der Waals surface area contributed by atoms with E-state index in [1.807, 2.05) is 12.2 Å². The molecule has 0 unspecified atom stereocenters. The van der Waals surface area contributed by atoms with E-state index in [2.05, 4.69) is 38.2 Å². The molecule has 74 valence electrons. The van der Waals surface area contributed by atoms with Gasteiger partial charge in [-0.1, -0.05) is 55.8 Å². The monoisotopic (exact) mass is 212 g/mol. The molecule has 0 fully saturated rings. The fraction of sp³-hybridized carbons (Fsp3) is 0.0769. The van der Waals surface area contributed by atoms with E-state index in [0.29, 0.717) is 0 Å². The van der Waals surface area contributed by atoms with Crippen molar-refractivity contribution in [2.24, 2.45) is 0 Å². The van der Waals surface area contributed by atoms with Gasteiger partial charge in [0.1, 0.15) is 0 Å². The Morgan fingerprint density at radius 2 is 2.07 bits per heavy atom. The molecule has 1 aromatic heterocycles. The smallest absolute Gasteiger partial charge is 0.135 e. The summed E-state index contributed by atoms with van der Waals surface area (Å²) in [5.41, 5.74) is 2.60. The molecule has 1 heterocycles. The highest BCUT2D eigenvalue weighted by Gasteiger charge is 2.07. The average Bonchev–Trinajstić information content (AvgIpc) is 2.65. The lowest BCUT2D eigenvalue weighted by Gasteiger charge is -1.96. The van der Waals surface area contributed by atoms with Gasteiger partial charge >= 0.3 is 0 Å². The minimum Gasteiger partial charge on any atom is -0.135 e. The van der Waals surface area contributed by atoms with Gasteiger partial charge < -0.3 is 0 Å². The molecule has 0 aliphatic rings. The van der Waals surface area contributed by atoms with Gasteiger partial charge in [0.05, 0.1) is 0 Å². The van der Waals surface area contributed by atoms with E-state index in [0.717, 1.165) is 7.28 Å². The molecule has 0 bridgehead atoms. The first-order valence-electron chi connectivity index (χ1n) is 5.10. The summed E-state index contributed by atoms with van der Waals surface area (Å²) in [5.74, 6) is 0. The van der Waals surface area contributed by atoms with Crippen molar-refractivity contribution >= 4 is 46.3 Å². The van der Waals surface area contributed by atoms with Crippen molar-refractivity contribution in [3.8, 4) is 0 Å². The molecular formula is C13H13BS. The topological polar surface area (TPSA) is 0 Å². The molecule has 0 radical (unpaired) electrons. The summed E-state index contributed by atoms with van der Waals surface area (Å²) < 4.78 is 1.33. The van der Waals surface area contributed by atoms with Crippen molar-refractivity contribution in [3.63, 3.8) is 0 Å². The lowest BCUT2D eigenvalue weighted by molar-refractivity contribution is 1.86. The molecule has 0 spiro atoms. The Labute approximate surface area is 95.2 Å². The first kappa shape index (κ1) is 10.2. The van der Waals surface area contributed by atoms with E-state index >= 15 is 0 Å². The van der Waals surface area contributed by atoms with Crippen LogP contribution in [-0.2, 0) is 0 Å². The summed E-state index contributed by atoms with van der Waals surface area (Å²) in [6.07, 6.45) is 3.83. The largest absolute Gasteiger partial charge is 0.154 e.